The average Bonchev–Trinajstić information content (AvgIpc) is 2.30. The molecule has 1 aromatic carbocycles. The summed E-state index contributed by atoms with van der Waals surface area (Å²) in [5, 5.41) is 12.7. The molecule has 0 saturated carbocycles. The summed E-state index contributed by atoms with van der Waals surface area (Å²) >= 11 is 0. The number of aromatic hydroxyl groups is 1. The Balaban J connectivity index is 2.37. The van der Waals surface area contributed by atoms with Crippen LogP contribution in [0.5, 0.6) is 5.75 Å². The van der Waals surface area contributed by atoms with E-state index in [1.165, 1.54) is 5.56 Å². The van der Waals surface area contributed by atoms with Crippen molar-refractivity contribution in [3.8, 4) is 5.75 Å². The highest BCUT2D eigenvalue weighted by atomic mass is 16.5. The summed E-state index contributed by atoms with van der Waals surface area (Å²) in [6, 6.07) is 7.76. The first-order valence-electron chi connectivity index (χ1n) is 6.58. The lowest BCUT2D eigenvalue weighted by molar-refractivity contribution is -0.0102. The summed E-state index contributed by atoms with van der Waals surface area (Å²) in [4.78, 5) is 0. The molecule has 3 heteroatoms. The molecule has 0 amide bonds. The minimum absolute atomic E-state index is 0.127. The molecule has 18 heavy (non-hydrogen) atoms. The number of hydrogen-bond donors (Lipinski definition) is 2. The molecule has 0 radical (unpaired) electrons. The van der Waals surface area contributed by atoms with Gasteiger partial charge in [0.25, 0.3) is 0 Å². The van der Waals surface area contributed by atoms with Crippen LogP contribution in [0.1, 0.15) is 33.3 Å². The summed E-state index contributed by atoms with van der Waals surface area (Å²) in [5.41, 5.74) is 1.10. The molecule has 0 heterocycles. The summed E-state index contributed by atoms with van der Waals surface area (Å²) in [7, 11) is 0. The zero-order valence-corrected chi connectivity index (χ0v) is 11.9. The van der Waals surface area contributed by atoms with Gasteiger partial charge in [-0.3, -0.25) is 0 Å². The number of rotatable bonds is 7. The van der Waals surface area contributed by atoms with Crippen LogP contribution in [0.15, 0.2) is 24.3 Å². The zero-order chi connectivity index (χ0) is 13.6. The van der Waals surface area contributed by atoms with Gasteiger partial charge in [0.2, 0.25) is 0 Å². The van der Waals surface area contributed by atoms with Crippen LogP contribution in [-0.2, 0) is 11.2 Å². The molecule has 0 fully saturated rings. The Bertz CT molecular complexity index is 346. The zero-order valence-electron chi connectivity index (χ0n) is 11.9. The van der Waals surface area contributed by atoms with E-state index in [0.29, 0.717) is 11.8 Å². The highest BCUT2D eigenvalue weighted by molar-refractivity contribution is 5.26. The lowest BCUT2D eigenvalue weighted by Crippen LogP contribution is -2.42. The number of hydrogen-bond acceptors (Lipinski definition) is 3. The van der Waals surface area contributed by atoms with E-state index in [1.54, 1.807) is 12.1 Å². The van der Waals surface area contributed by atoms with E-state index in [9.17, 15) is 5.11 Å². The van der Waals surface area contributed by atoms with Crippen LogP contribution < -0.4 is 5.32 Å². The Labute approximate surface area is 110 Å². The van der Waals surface area contributed by atoms with Crippen LogP contribution >= 0.6 is 0 Å². The predicted molar refractivity (Wildman–Crippen MR) is 75.0 cm³/mol. The maximum Gasteiger partial charge on any atom is 0.115 e. The summed E-state index contributed by atoms with van der Waals surface area (Å²) in [5.74, 6) is 0.317. The largest absolute Gasteiger partial charge is 0.508 e. The van der Waals surface area contributed by atoms with Gasteiger partial charge in [-0.25, -0.2) is 0 Å². The molecule has 1 rings (SSSR count). The first-order valence-corrected chi connectivity index (χ1v) is 6.58. The third-order valence-corrected chi connectivity index (χ3v) is 2.89. The van der Waals surface area contributed by atoms with Crippen LogP contribution in [0.25, 0.3) is 0 Å². The summed E-state index contributed by atoms with van der Waals surface area (Å²) in [6.45, 7) is 9.94. The van der Waals surface area contributed by atoms with Crippen molar-refractivity contribution < 1.29 is 9.84 Å². The molecule has 102 valence electrons. The fourth-order valence-electron chi connectivity index (χ4n) is 1.92. The van der Waals surface area contributed by atoms with E-state index >= 15 is 0 Å². The molecule has 1 unspecified atom stereocenters. The van der Waals surface area contributed by atoms with Crippen LogP contribution in [0, 0.1) is 0 Å². The first kappa shape index (κ1) is 15.0. The van der Waals surface area contributed by atoms with Gasteiger partial charge in [0.1, 0.15) is 5.75 Å². The summed E-state index contributed by atoms with van der Waals surface area (Å²) < 4.78 is 5.65. The number of ether oxygens (including phenoxy) is 1. The smallest absolute Gasteiger partial charge is 0.115 e. The second kappa shape index (κ2) is 6.76. The van der Waals surface area contributed by atoms with Gasteiger partial charge in [0.05, 0.1) is 5.60 Å². The maximum atomic E-state index is 9.23. The highest BCUT2D eigenvalue weighted by Crippen LogP contribution is 2.12. The Hall–Kier alpha value is -1.06. The van der Waals surface area contributed by atoms with Gasteiger partial charge in [0, 0.05) is 19.2 Å². The standard InChI is InChI=1S/C15H25NO2/c1-5-18-15(3,4)11-16-12(2)10-13-6-8-14(17)9-7-13/h6-9,12,16-17H,5,10-11H2,1-4H3. The van der Waals surface area contributed by atoms with Crippen LogP contribution in [0.3, 0.4) is 0 Å². The second-order valence-electron chi connectivity index (χ2n) is 5.35. The van der Waals surface area contributed by atoms with Gasteiger partial charge in [-0.2, -0.15) is 0 Å². The normalized spacial score (nSPS) is 13.6. The average molecular weight is 251 g/mol. The van der Waals surface area contributed by atoms with Crippen LogP contribution in [0.4, 0.5) is 0 Å². The Kier molecular flexibility index (Phi) is 5.63. The number of nitrogens with one attached hydrogen (secondary N) is 1. The van der Waals surface area contributed by atoms with Crippen molar-refractivity contribution in [3.05, 3.63) is 29.8 Å². The topological polar surface area (TPSA) is 41.5 Å². The van der Waals surface area contributed by atoms with Crippen LogP contribution in [-0.4, -0.2) is 29.9 Å². The monoisotopic (exact) mass is 251 g/mol. The van der Waals surface area contributed by atoms with Crippen molar-refractivity contribution in [2.45, 2.75) is 45.8 Å². The van der Waals surface area contributed by atoms with Crippen molar-refractivity contribution in [3.63, 3.8) is 0 Å². The second-order valence-corrected chi connectivity index (χ2v) is 5.35. The van der Waals surface area contributed by atoms with E-state index in [4.69, 9.17) is 4.74 Å². The van der Waals surface area contributed by atoms with Crippen LogP contribution in [0.2, 0.25) is 0 Å². The lowest BCUT2D eigenvalue weighted by Gasteiger charge is -2.27. The molecule has 0 bridgehead atoms. The van der Waals surface area contributed by atoms with Gasteiger partial charge in [-0.05, 0) is 51.8 Å². The Morgan fingerprint density at radius 3 is 2.44 bits per heavy atom. The maximum absolute atomic E-state index is 9.23. The van der Waals surface area contributed by atoms with E-state index in [-0.39, 0.29) is 5.60 Å². The molecule has 0 aliphatic carbocycles. The van der Waals surface area contributed by atoms with Gasteiger partial charge >= 0.3 is 0 Å². The van der Waals surface area contributed by atoms with E-state index in [1.807, 2.05) is 19.1 Å². The fourth-order valence-corrected chi connectivity index (χ4v) is 1.92. The van der Waals surface area contributed by atoms with Gasteiger partial charge in [-0.1, -0.05) is 12.1 Å². The molecular weight excluding hydrogens is 226 g/mol. The molecule has 1 atom stereocenters. The third-order valence-electron chi connectivity index (χ3n) is 2.89. The van der Waals surface area contributed by atoms with Crippen molar-refractivity contribution in [2.24, 2.45) is 0 Å². The number of phenolic OH excluding ortho intramolecular Hbond substituents is 1. The minimum Gasteiger partial charge on any atom is -0.508 e. The Morgan fingerprint density at radius 2 is 1.89 bits per heavy atom. The number of phenols is 1. The minimum atomic E-state index is -0.127. The molecule has 0 spiro atoms. The lowest BCUT2D eigenvalue weighted by atomic mass is 10.1. The van der Waals surface area contributed by atoms with E-state index < -0.39 is 0 Å². The van der Waals surface area contributed by atoms with E-state index in [2.05, 4.69) is 26.1 Å². The number of benzene rings is 1. The molecule has 0 saturated heterocycles. The van der Waals surface area contributed by atoms with Gasteiger partial charge < -0.3 is 15.2 Å². The molecule has 3 nitrogen and oxygen atoms in total. The van der Waals surface area contributed by atoms with Gasteiger partial charge in [-0.15, -0.1) is 0 Å². The SMILES string of the molecule is CCOC(C)(C)CNC(C)Cc1ccc(O)cc1. The first-order chi connectivity index (χ1) is 8.43. The summed E-state index contributed by atoms with van der Waals surface area (Å²) in [6.07, 6.45) is 0.947. The molecule has 0 aromatic heterocycles. The molecule has 0 aliphatic heterocycles. The third kappa shape index (κ3) is 5.52. The van der Waals surface area contributed by atoms with Crippen molar-refractivity contribution in [2.75, 3.05) is 13.2 Å². The van der Waals surface area contributed by atoms with Gasteiger partial charge in [0.15, 0.2) is 0 Å². The predicted octanol–water partition coefficient (Wildman–Crippen LogP) is 2.73. The quantitative estimate of drug-likeness (QED) is 0.783. The van der Waals surface area contributed by atoms with Crippen molar-refractivity contribution in [1.29, 1.82) is 0 Å². The Morgan fingerprint density at radius 1 is 1.28 bits per heavy atom. The molecule has 1 aromatic rings. The van der Waals surface area contributed by atoms with Crippen molar-refractivity contribution >= 4 is 0 Å². The van der Waals surface area contributed by atoms with Crippen molar-refractivity contribution in [1.82, 2.24) is 5.32 Å². The highest BCUT2D eigenvalue weighted by Gasteiger charge is 2.18. The fraction of sp³-hybridized carbons (Fsp3) is 0.600. The van der Waals surface area contributed by atoms with E-state index in [0.717, 1.165) is 19.6 Å². The molecular formula is C15H25NO2. The molecule has 0 aliphatic rings. The molecule has 2 N–H and O–H groups in total.